The topological polar surface area (TPSA) is 112 Å². The molecule has 0 atom stereocenters. The molecule has 7 rings (SSSR count). The van der Waals surface area contributed by atoms with Crippen molar-refractivity contribution in [2.45, 2.75) is 25.8 Å². The van der Waals surface area contributed by atoms with E-state index in [9.17, 15) is 4.39 Å². The molecule has 0 saturated carbocycles. The van der Waals surface area contributed by atoms with E-state index in [-0.39, 0.29) is 0 Å². The number of hydrogen-bond acceptors (Lipinski definition) is 8. The van der Waals surface area contributed by atoms with Crippen LogP contribution in [0.1, 0.15) is 24.8 Å². The van der Waals surface area contributed by atoms with Crippen LogP contribution in [0, 0.1) is 5.82 Å². The summed E-state index contributed by atoms with van der Waals surface area (Å²) in [6, 6.07) is 10.7. The molecule has 1 saturated heterocycles. The van der Waals surface area contributed by atoms with Crippen molar-refractivity contribution in [2.24, 2.45) is 0 Å². The number of nitrogens with one attached hydrogen (secondary N) is 2. The van der Waals surface area contributed by atoms with Gasteiger partial charge in [0.25, 0.3) is 0 Å². The molecule has 0 unspecified atom stereocenters. The number of nitrogens with zero attached hydrogens (tertiary/aromatic N) is 7. The van der Waals surface area contributed by atoms with Gasteiger partial charge in [0, 0.05) is 60.6 Å². The minimum absolute atomic E-state index is 0.400. The molecule has 0 aliphatic carbocycles. The van der Waals surface area contributed by atoms with Crippen LogP contribution in [0.4, 0.5) is 4.39 Å². The van der Waals surface area contributed by atoms with Crippen molar-refractivity contribution in [1.29, 1.82) is 0 Å². The number of hydrogen-bond donors (Lipinski definition) is 2. The molecule has 1 fully saturated rings. The summed E-state index contributed by atoms with van der Waals surface area (Å²) in [7, 11) is 3.93. The number of likely N-dealkylation sites (N-methyl/N-ethyl adjacent to an activating group) is 1. The lowest BCUT2D eigenvalue weighted by molar-refractivity contribution is 0.220. The third-order valence-corrected chi connectivity index (χ3v) is 7.98. The number of pyridine rings is 3. The Bertz CT molecular complexity index is 1930. The second kappa shape index (κ2) is 12.1. The number of rotatable bonds is 9. The molecule has 224 valence electrons. The van der Waals surface area contributed by atoms with Gasteiger partial charge in [-0.15, -0.1) is 0 Å². The number of H-pyrrole nitrogens is 2. The van der Waals surface area contributed by atoms with Gasteiger partial charge in [0.15, 0.2) is 11.5 Å². The van der Waals surface area contributed by atoms with Crippen LogP contribution in [0.15, 0.2) is 61.2 Å². The van der Waals surface area contributed by atoms with Crippen molar-refractivity contribution in [2.75, 3.05) is 40.3 Å². The molecule has 6 heterocycles. The smallest absolute Gasteiger partial charge is 0.159 e. The Hall–Kier alpha value is -4.74. The van der Waals surface area contributed by atoms with Gasteiger partial charge >= 0.3 is 0 Å². The van der Waals surface area contributed by atoms with Gasteiger partial charge in [-0.05, 0) is 75.9 Å². The maximum absolute atomic E-state index is 14.6. The molecular formula is C33H34FN9O. The molecular weight excluding hydrogens is 557 g/mol. The SMILES string of the molecule is CN(C)CCOc1cc(F)cc(-c2nccc3[nH]c(-c4n[nH]c5ncc(-c6cncc(CN7CCCCC7)c6)cc45)nc23)c1. The number of imidazole rings is 1. The lowest BCUT2D eigenvalue weighted by Gasteiger charge is -2.26. The minimum atomic E-state index is -0.400. The number of likely N-dealkylation sites (tertiary alicyclic amines) is 1. The van der Waals surface area contributed by atoms with Crippen LogP contribution < -0.4 is 4.74 Å². The standard InChI is InChI=1S/C33H34FN9O/c1-42(2)10-11-44-26-14-22(13-25(34)16-26)29-31-28(6-7-36-29)38-33(39-31)30-27-15-24(19-37-32(27)41-40-30)23-12-21(17-35-18-23)20-43-8-4-3-5-9-43/h6-7,12-19H,3-5,8-11,20H2,1-2H3,(H,38,39)(H,37,40,41). The number of piperidine rings is 1. The van der Waals surface area contributed by atoms with Crippen molar-refractivity contribution in [3.63, 3.8) is 0 Å². The van der Waals surface area contributed by atoms with E-state index in [0.29, 0.717) is 46.3 Å². The third kappa shape index (κ3) is 5.88. The van der Waals surface area contributed by atoms with Crippen LogP contribution in [0.5, 0.6) is 5.75 Å². The normalized spacial score (nSPS) is 14.2. The molecule has 6 aromatic rings. The van der Waals surface area contributed by atoms with E-state index in [1.54, 1.807) is 12.3 Å². The van der Waals surface area contributed by atoms with E-state index < -0.39 is 5.82 Å². The third-order valence-electron chi connectivity index (χ3n) is 7.98. The molecule has 1 aliphatic rings. The van der Waals surface area contributed by atoms with Gasteiger partial charge in [0.2, 0.25) is 0 Å². The second-order valence-electron chi connectivity index (χ2n) is 11.6. The first-order chi connectivity index (χ1) is 21.5. The number of benzene rings is 1. The van der Waals surface area contributed by atoms with Crippen molar-refractivity contribution >= 4 is 22.1 Å². The lowest BCUT2D eigenvalue weighted by atomic mass is 10.1. The molecule has 44 heavy (non-hydrogen) atoms. The summed E-state index contributed by atoms with van der Waals surface area (Å²) < 4.78 is 20.5. The maximum Gasteiger partial charge on any atom is 0.159 e. The van der Waals surface area contributed by atoms with Crippen LogP contribution in [-0.2, 0) is 6.54 Å². The predicted molar refractivity (Wildman–Crippen MR) is 169 cm³/mol. The Labute approximate surface area is 254 Å². The Morgan fingerprint density at radius 1 is 0.932 bits per heavy atom. The van der Waals surface area contributed by atoms with Crippen LogP contribution in [0.25, 0.3) is 56.0 Å². The zero-order valence-electron chi connectivity index (χ0n) is 24.8. The fourth-order valence-electron chi connectivity index (χ4n) is 5.74. The van der Waals surface area contributed by atoms with Crippen LogP contribution >= 0.6 is 0 Å². The molecule has 0 amide bonds. The fraction of sp³-hybridized carbons (Fsp3) is 0.303. The van der Waals surface area contributed by atoms with Gasteiger partial charge in [-0.1, -0.05) is 6.42 Å². The predicted octanol–water partition coefficient (Wildman–Crippen LogP) is 5.69. The monoisotopic (exact) mass is 591 g/mol. The van der Waals surface area contributed by atoms with Gasteiger partial charge in [0.1, 0.15) is 29.4 Å². The number of fused-ring (bicyclic) bond motifs is 2. The molecule has 0 bridgehead atoms. The zero-order chi connectivity index (χ0) is 30.0. The molecule has 11 heteroatoms. The Morgan fingerprint density at radius 2 is 1.80 bits per heavy atom. The summed E-state index contributed by atoms with van der Waals surface area (Å²) in [5.74, 6) is 0.612. The summed E-state index contributed by atoms with van der Waals surface area (Å²) in [5.41, 5.74) is 6.96. The molecule has 5 aromatic heterocycles. The second-order valence-corrected chi connectivity index (χ2v) is 11.6. The van der Waals surface area contributed by atoms with Gasteiger partial charge in [-0.3, -0.25) is 20.0 Å². The first-order valence-corrected chi connectivity index (χ1v) is 14.9. The number of aromatic nitrogens is 7. The summed E-state index contributed by atoms with van der Waals surface area (Å²) in [6.07, 6.45) is 11.2. The van der Waals surface area contributed by atoms with E-state index in [4.69, 9.17) is 9.72 Å². The first-order valence-electron chi connectivity index (χ1n) is 14.9. The molecule has 0 spiro atoms. The average molecular weight is 592 g/mol. The summed E-state index contributed by atoms with van der Waals surface area (Å²) >= 11 is 0. The van der Waals surface area contributed by atoms with Crippen molar-refractivity contribution in [3.8, 4) is 39.7 Å². The summed E-state index contributed by atoms with van der Waals surface area (Å²) in [5, 5.41) is 8.43. The van der Waals surface area contributed by atoms with Crippen molar-refractivity contribution in [1.82, 2.24) is 44.9 Å². The highest BCUT2D eigenvalue weighted by Crippen LogP contribution is 2.33. The first kappa shape index (κ1) is 28.1. The minimum Gasteiger partial charge on any atom is -0.492 e. The van der Waals surface area contributed by atoms with Gasteiger partial charge in [0.05, 0.1) is 16.6 Å². The van der Waals surface area contributed by atoms with E-state index in [1.165, 1.54) is 37.0 Å². The Kier molecular flexibility index (Phi) is 7.71. The van der Waals surface area contributed by atoms with Gasteiger partial charge in [-0.2, -0.15) is 5.10 Å². The highest BCUT2D eigenvalue weighted by atomic mass is 19.1. The lowest BCUT2D eigenvalue weighted by Crippen LogP contribution is -2.29. The van der Waals surface area contributed by atoms with Gasteiger partial charge in [-0.25, -0.2) is 14.4 Å². The molecule has 0 radical (unpaired) electrons. The molecule has 2 N–H and O–H groups in total. The van der Waals surface area contributed by atoms with Crippen LogP contribution in [-0.4, -0.2) is 85.3 Å². The average Bonchev–Trinajstić information content (AvgIpc) is 3.65. The summed E-state index contributed by atoms with van der Waals surface area (Å²) in [4.78, 5) is 26.5. The highest BCUT2D eigenvalue weighted by Gasteiger charge is 2.18. The van der Waals surface area contributed by atoms with Crippen LogP contribution in [0.2, 0.25) is 0 Å². The largest absolute Gasteiger partial charge is 0.492 e. The zero-order valence-corrected chi connectivity index (χ0v) is 24.8. The quantitative estimate of drug-likeness (QED) is 0.221. The number of ether oxygens (including phenoxy) is 1. The molecule has 1 aromatic carbocycles. The van der Waals surface area contributed by atoms with Crippen molar-refractivity contribution in [3.05, 3.63) is 72.6 Å². The van der Waals surface area contributed by atoms with E-state index >= 15 is 0 Å². The van der Waals surface area contributed by atoms with Gasteiger partial charge < -0.3 is 14.6 Å². The maximum atomic E-state index is 14.6. The van der Waals surface area contributed by atoms with E-state index in [1.807, 2.05) is 43.7 Å². The molecule has 10 nitrogen and oxygen atoms in total. The molecule has 1 aliphatic heterocycles. The van der Waals surface area contributed by atoms with E-state index in [0.717, 1.165) is 48.2 Å². The Morgan fingerprint density at radius 3 is 2.66 bits per heavy atom. The number of aromatic amines is 2. The fourth-order valence-corrected chi connectivity index (χ4v) is 5.74. The highest BCUT2D eigenvalue weighted by molar-refractivity contribution is 5.96. The van der Waals surface area contributed by atoms with Crippen molar-refractivity contribution < 1.29 is 9.13 Å². The number of halogens is 1. The Balaban J connectivity index is 1.21. The van der Waals surface area contributed by atoms with E-state index in [2.05, 4.69) is 47.2 Å². The van der Waals surface area contributed by atoms with Crippen LogP contribution in [0.3, 0.4) is 0 Å². The summed E-state index contributed by atoms with van der Waals surface area (Å²) in [6.45, 7) is 4.34.